The lowest BCUT2D eigenvalue weighted by molar-refractivity contribution is 0.194. The van der Waals surface area contributed by atoms with Crippen LogP contribution in [0.25, 0.3) is 0 Å². The Kier molecular flexibility index (Phi) is 4.17. The minimum atomic E-state index is 0.0222. The van der Waals surface area contributed by atoms with E-state index in [0.717, 1.165) is 23.4 Å². The van der Waals surface area contributed by atoms with E-state index in [1.807, 2.05) is 35.4 Å². The van der Waals surface area contributed by atoms with E-state index in [4.69, 9.17) is 0 Å². The number of benzene rings is 1. The van der Waals surface area contributed by atoms with Crippen LogP contribution in [-0.2, 0) is 0 Å². The molecule has 1 N–H and O–H groups in total. The zero-order valence-corrected chi connectivity index (χ0v) is 12.0. The summed E-state index contributed by atoms with van der Waals surface area (Å²) in [6.45, 7) is 4.23. The van der Waals surface area contributed by atoms with E-state index in [2.05, 4.69) is 19.2 Å². The SMILES string of the molecule is CSc1ccccc1NC(=O)N1C(C)CCC1C. The third kappa shape index (κ3) is 2.64. The summed E-state index contributed by atoms with van der Waals surface area (Å²) in [4.78, 5) is 15.4. The fraction of sp³-hybridized carbons (Fsp3) is 0.500. The molecule has 2 rings (SSSR count). The van der Waals surface area contributed by atoms with Gasteiger partial charge in [-0.25, -0.2) is 4.79 Å². The van der Waals surface area contributed by atoms with Crippen LogP contribution in [0, 0.1) is 0 Å². The van der Waals surface area contributed by atoms with E-state index in [1.54, 1.807) is 11.8 Å². The highest BCUT2D eigenvalue weighted by Crippen LogP contribution is 2.28. The summed E-state index contributed by atoms with van der Waals surface area (Å²) in [7, 11) is 0. The van der Waals surface area contributed by atoms with E-state index in [-0.39, 0.29) is 6.03 Å². The summed E-state index contributed by atoms with van der Waals surface area (Å²) in [5.41, 5.74) is 0.904. The van der Waals surface area contributed by atoms with Gasteiger partial charge in [-0.05, 0) is 45.1 Å². The second kappa shape index (κ2) is 5.65. The number of nitrogens with one attached hydrogen (secondary N) is 1. The lowest BCUT2D eigenvalue weighted by atomic mass is 10.2. The molecule has 0 radical (unpaired) electrons. The van der Waals surface area contributed by atoms with Crippen molar-refractivity contribution in [2.24, 2.45) is 0 Å². The lowest BCUT2D eigenvalue weighted by Crippen LogP contribution is -2.41. The second-order valence-electron chi connectivity index (χ2n) is 4.81. The van der Waals surface area contributed by atoms with E-state index in [0.29, 0.717) is 12.1 Å². The number of likely N-dealkylation sites (tertiary alicyclic amines) is 1. The van der Waals surface area contributed by atoms with Crippen LogP contribution in [0.5, 0.6) is 0 Å². The van der Waals surface area contributed by atoms with Crippen LogP contribution in [-0.4, -0.2) is 29.3 Å². The number of para-hydroxylation sites is 1. The molecule has 0 saturated carbocycles. The van der Waals surface area contributed by atoms with Gasteiger partial charge in [0.2, 0.25) is 0 Å². The van der Waals surface area contributed by atoms with Crippen molar-refractivity contribution in [1.82, 2.24) is 4.90 Å². The highest BCUT2D eigenvalue weighted by Gasteiger charge is 2.31. The quantitative estimate of drug-likeness (QED) is 0.824. The molecule has 1 aromatic rings. The van der Waals surface area contributed by atoms with Gasteiger partial charge in [0.1, 0.15) is 0 Å². The molecular weight excluding hydrogens is 244 g/mol. The molecule has 2 atom stereocenters. The second-order valence-corrected chi connectivity index (χ2v) is 5.66. The van der Waals surface area contributed by atoms with Crippen molar-refractivity contribution in [3.63, 3.8) is 0 Å². The van der Waals surface area contributed by atoms with Gasteiger partial charge in [0, 0.05) is 17.0 Å². The fourth-order valence-corrected chi connectivity index (χ4v) is 3.08. The van der Waals surface area contributed by atoms with Crippen molar-refractivity contribution in [3.8, 4) is 0 Å². The molecule has 98 valence electrons. The smallest absolute Gasteiger partial charge is 0.319 e. The first-order valence-electron chi connectivity index (χ1n) is 6.36. The molecule has 1 aliphatic heterocycles. The van der Waals surface area contributed by atoms with Crippen LogP contribution < -0.4 is 5.32 Å². The summed E-state index contributed by atoms with van der Waals surface area (Å²) in [5, 5.41) is 3.03. The first-order chi connectivity index (χ1) is 8.63. The standard InChI is InChI=1S/C14H20N2OS/c1-10-8-9-11(2)16(10)14(17)15-12-6-4-5-7-13(12)18-3/h4-7,10-11H,8-9H2,1-3H3,(H,15,17). The highest BCUT2D eigenvalue weighted by atomic mass is 32.2. The van der Waals surface area contributed by atoms with Crippen molar-refractivity contribution >= 4 is 23.5 Å². The van der Waals surface area contributed by atoms with Crippen LogP contribution >= 0.6 is 11.8 Å². The maximum absolute atomic E-state index is 12.3. The normalized spacial score (nSPS) is 23.2. The summed E-state index contributed by atoms with van der Waals surface area (Å²) < 4.78 is 0. The van der Waals surface area contributed by atoms with Crippen LogP contribution in [0.3, 0.4) is 0 Å². The number of carbonyl (C=O) groups excluding carboxylic acids is 1. The Bertz CT molecular complexity index is 426. The number of rotatable bonds is 2. The van der Waals surface area contributed by atoms with E-state index in [9.17, 15) is 4.79 Å². The number of hydrogen-bond donors (Lipinski definition) is 1. The Hall–Kier alpha value is -1.16. The van der Waals surface area contributed by atoms with Gasteiger partial charge in [0.25, 0.3) is 0 Å². The number of carbonyl (C=O) groups is 1. The molecule has 0 aromatic heterocycles. The van der Waals surface area contributed by atoms with Gasteiger partial charge in [-0.1, -0.05) is 12.1 Å². The molecule has 1 aromatic carbocycles. The molecule has 1 heterocycles. The maximum atomic E-state index is 12.3. The molecule has 3 nitrogen and oxygen atoms in total. The number of anilines is 1. The van der Waals surface area contributed by atoms with Crippen LogP contribution in [0.15, 0.2) is 29.2 Å². The zero-order valence-electron chi connectivity index (χ0n) is 11.1. The molecule has 4 heteroatoms. The summed E-state index contributed by atoms with van der Waals surface area (Å²) in [6, 6.07) is 8.61. The summed E-state index contributed by atoms with van der Waals surface area (Å²) >= 11 is 1.65. The van der Waals surface area contributed by atoms with E-state index in [1.165, 1.54) is 0 Å². The summed E-state index contributed by atoms with van der Waals surface area (Å²) in [6.07, 6.45) is 4.21. The number of urea groups is 1. The molecule has 1 aliphatic rings. The third-order valence-electron chi connectivity index (χ3n) is 3.54. The van der Waals surface area contributed by atoms with Gasteiger partial charge in [-0.3, -0.25) is 0 Å². The monoisotopic (exact) mass is 264 g/mol. The number of hydrogen-bond acceptors (Lipinski definition) is 2. The van der Waals surface area contributed by atoms with Gasteiger partial charge in [-0.2, -0.15) is 0 Å². The maximum Gasteiger partial charge on any atom is 0.322 e. The Morgan fingerprint density at radius 1 is 1.28 bits per heavy atom. The molecule has 18 heavy (non-hydrogen) atoms. The molecule has 1 fully saturated rings. The van der Waals surface area contributed by atoms with Gasteiger partial charge in [0.05, 0.1) is 5.69 Å². The van der Waals surface area contributed by atoms with Gasteiger partial charge in [-0.15, -0.1) is 11.8 Å². The first kappa shape index (κ1) is 13.3. The van der Waals surface area contributed by atoms with E-state index < -0.39 is 0 Å². The van der Waals surface area contributed by atoms with Crippen LogP contribution in [0.4, 0.5) is 10.5 Å². The molecule has 0 bridgehead atoms. The topological polar surface area (TPSA) is 32.3 Å². The number of thioether (sulfide) groups is 1. The van der Waals surface area contributed by atoms with Gasteiger partial charge >= 0.3 is 6.03 Å². The minimum Gasteiger partial charge on any atom is -0.319 e. The average molecular weight is 264 g/mol. The predicted octanol–water partition coefficient (Wildman–Crippen LogP) is 3.81. The Balaban J connectivity index is 2.11. The number of nitrogens with zero attached hydrogens (tertiary/aromatic N) is 1. The first-order valence-corrected chi connectivity index (χ1v) is 7.58. The predicted molar refractivity (Wildman–Crippen MR) is 77.2 cm³/mol. The van der Waals surface area contributed by atoms with Crippen molar-refractivity contribution < 1.29 is 4.79 Å². The van der Waals surface area contributed by atoms with Crippen LogP contribution in [0.1, 0.15) is 26.7 Å². The largest absolute Gasteiger partial charge is 0.322 e. The van der Waals surface area contributed by atoms with Crippen LogP contribution in [0.2, 0.25) is 0 Å². The van der Waals surface area contributed by atoms with Crippen molar-refractivity contribution in [2.75, 3.05) is 11.6 Å². The third-order valence-corrected chi connectivity index (χ3v) is 4.33. The molecule has 0 aliphatic carbocycles. The Morgan fingerprint density at radius 2 is 1.89 bits per heavy atom. The molecule has 0 spiro atoms. The van der Waals surface area contributed by atoms with Crippen molar-refractivity contribution in [1.29, 1.82) is 0 Å². The lowest BCUT2D eigenvalue weighted by Gasteiger charge is -2.26. The highest BCUT2D eigenvalue weighted by molar-refractivity contribution is 7.98. The molecule has 2 unspecified atom stereocenters. The summed E-state index contributed by atoms with van der Waals surface area (Å²) in [5.74, 6) is 0. The van der Waals surface area contributed by atoms with Gasteiger partial charge in [0.15, 0.2) is 0 Å². The molecule has 1 saturated heterocycles. The van der Waals surface area contributed by atoms with Crippen molar-refractivity contribution in [3.05, 3.63) is 24.3 Å². The minimum absolute atomic E-state index is 0.0222. The Morgan fingerprint density at radius 3 is 2.50 bits per heavy atom. The van der Waals surface area contributed by atoms with Crippen molar-refractivity contribution in [2.45, 2.75) is 43.7 Å². The molecule has 2 amide bonds. The number of amides is 2. The molecular formula is C14H20N2OS. The van der Waals surface area contributed by atoms with E-state index >= 15 is 0 Å². The zero-order chi connectivity index (χ0) is 13.1. The van der Waals surface area contributed by atoms with Gasteiger partial charge < -0.3 is 10.2 Å². The fourth-order valence-electron chi connectivity index (χ4n) is 2.52. The Labute approximate surface area is 113 Å². The average Bonchev–Trinajstić information content (AvgIpc) is 2.69.